The lowest BCUT2D eigenvalue weighted by atomic mass is 9.96. The zero-order chi connectivity index (χ0) is 14.4. The predicted molar refractivity (Wildman–Crippen MR) is 77.8 cm³/mol. The van der Waals surface area contributed by atoms with E-state index >= 15 is 0 Å². The molecule has 110 valence electrons. The number of hydrogen-bond acceptors (Lipinski definition) is 3. The van der Waals surface area contributed by atoms with Crippen molar-refractivity contribution in [2.45, 2.75) is 32.8 Å². The van der Waals surface area contributed by atoms with Crippen LogP contribution in [0.25, 0.3) is 0 Å². The van der Waals surface area contributed by atoms with E-state index in [1.54, 1.807) is 0 Å². The first-order valence-electron chi connectivity index (χ1n) is 7.27. The van der Waals surface area contributed by atoms with Crippen molar-refractivity contribution in [1.29, 1.82) is 0 Å². The highest BCUT2D eigenvalue weighted by molar-refractivity contribution is 5.79. The van der Waals surface area contributed by atoms with Crippen LogP contribution >= 0.6 is 0 Å². The molecule has 0 saturated carbocycles. The molecule has 0 saturated heterocycles. The van der Waals surface area contributed by atoms with E-state index in [9.17, 15) is 4.79 Å². The van der Waals surface area contributed by atoms with Gasteiger partial charge in [-0.3, -0.25) is 4.79 Å². The van der Waals surface area contributed by atoms with Crippen LogP contribution in [0.5, 0.6) is 5.75 Å². The molecule has 1 heterocycles. The maximum atomic E-state index is 12.1. The lowest BCUT2D eigenvalue weighted by Gasteiger charge is -2.24. The lowest BCUT2D eigenvalue weighted by molar-refractivity contribution is -0.126. The third kappa shape index (κ3) is 4.23. The third-order valence-electron chi connectivity index (χ3n) is 3.32. The summed E-state index contributed by atoms with van der Waals surface area (Å²) in [5.41, 5.74) is 1.11. The van der Waals surface area contributed by atoms with E-state index < -0.39 is 0 Å². The molecule has 4 nitrogen and oxygen atoms in total. The second-order valence-electron chi connectivity index (χ2n) is 5.38. The predicted octanol–water partition coefficient (Wildman–Crippen LogP) is 2.17. The molecule has 2 rings (SSSR count). The smallest absolute Gasteiger partial charge is 0.226 e. The molecule has 1 aliphatic rings. The van der Waals surface area contributed by atoms with Gasteiger partial charge in [0.15, 0.2) is 0 Å². The van der Waals surface area contributed by atoms with Crippen LogP contribution < -0.4 is 10.1 Å². The molecule has 0 aliphatic carbocycles. The summed E-state index contributed by atoms with van der Waals surface area (Å²) >= 11 is 0. The van der Waals surface area contributed by atoms with E-state index in [4.69, 9.17) is 9.47 Å². The van der Waals surface area contributed by atoms with Crippen LogP contribution in [0.15, 0.2) is 24.3 Å². The Kier molecular flexibility index (Phi) is 5.41. The van der Waals surface area contributed by atoms with Crippen molar-refractivity contribution in [3.63, 3.8) is 0 Å². The van der Waals surface area contributed by atoms with Crippen LogP contribution in [0.2, 0.25) is 0 Å². The molecule has 1 unspecified atom stereocenters. The number of benzene rings is 1. The fourth-order valence-corrected chi connectivity index (χ4v) is 2.24. The lowest BCUT2D eigenvalue weighted by Crippen LogP contribution is -2.38. The minimum atomic E-state index is -0.0871. The molecule has 20 heavy (non-hydrogen) atoms. The van der Waals surface area contributed by atoms with Crippen LogP contribution in [-0.2, 0) is 16.0 Å². The van der Waals surface area contributed by atoms with E-state index in [1.165, 1.54) is 0 Å². The highest BCUT2D eigenvalue weighted by Gasteiger charge is 2.25. The summed E-state index contributed by atoms with van der Waals surface area (Å²) < 4.78 is 11.1. The Morgan fingerprint density at radius 1 is 1.45 bits per heavy atom. The Morgan fingerprint density at radius 2 is 2.25 bits per heavy atom. The largest absolute Gasteiger partial charge is 0.492 e. The van der Waals surface area contributed by atoms with Gasteiger partial charge in [0.05, 0.1) is 12.0 Å². The second-order valence-corrected chi connectivity index (χ2v) is 5.38. The Morgan fingerprint density at radius 3 is 3.05 bits per heavy atom. The molecule has 4 heteroatoms. The number of carbonyl (C=O) groups excluding carboxylic acids is 1. The molecule has 0 bridgehead atoms. The summed E-state index contributed by atoms with van der Waals surface area (Å²) in [7, 11) is 0. The minimum Gasteiger partial charge on any atom is -0.492 e. The third-order valence-corrected chi connectivity index (χ3v) is 3.32. The van der Waals surface area contributed by atoms with E-state index in [1.807, 2.05) is 38.1 Å². The molecule has 0 fully saturated rings. The topological polar surface area (TPSA) is 47.6 Å². The van der Waals surface area contributed by atoms with E-state index in [0.717, 1.165) is 24.2 Å². The summed E-state index contributed by atoms with van der Waals surface area (Å²) in [5.74, 6) is 0.891. The summed E-state index contributed by atoms with van der Waals surface area (Å²) in [6.45, 7) is 5.82. The van der Waals surface area contributed by atoms with Gasteiger partial charge in [-0.25, -0.2) is 0 Å². The van der Waals surface area contributed by atoms with Crippen molar-refractivity contribution in [2.75, 3.05) is 19.8 Å². The van der Waals surface area contributed by atoms with Crippen LogP contribution in [0, 0.1) is 5.92 Å². The first-order valence-corrected chi connectivity index (χ1v) is 7.27. The van der Waals surface area contributed by atoms with Crippen molar-refractivity contribution >= 4 is 5.91 Å². The minimum absolute atomic E-state index is 0.0732. The molecule has 0 radical (unpaired) electrons. The average Bonchev–Trinajstić information content (AvgIpc) is 2.46. The van der Waals surface area contributed by atoms with Gasteiger partial charge in [0.1, 0.15) is 12.4 Å². The Labute approximate surface area is 120 Å². The number of fused-ring (bicyclic) bond motifs is 1. The normalized spacial score (nSPS) is 17.4. The second kappa shape index (κ2) is 7.29. The van der Waals surface area contributed by atoms with Gasteiger partial charge in [-0.15, -0.1) is 0 Å². The zero-order valence-corrected chi connectivity index (χ0v) is 12.2. The number of ether oxygens (including phenoxy) is 2. The molecule has 1 atom stereocenters. The van der Waals surface area contributed by atoms with E-state index in [2.05, 4.69) is 5.32 Å². The van der Waals surface area contributed by atoms with E-state index in [0.29, 0.717) is 19.8 Å². The highest BCUT2D eigenvalue weighted by Crippen LogP contribution is 2.26. The molecular weight excluding hydrogens is 254 g/mol. The molecule has 1 N–H and O–H groups in total. The van der Waals surface area contributed by atoms with Gasteiger partial charge in [0.2, 0.25) is 5.91 Å². The monoisotopic (exact) mass is 277 g/mol. The van der Waals surface area contributed by atoms with Gasteiger partial charge in [0.25, 0.3) is 0 Å². The van der Waals surface area contributed by atoms with Crippen LogP contribution in [-0.4, -0.2) is 31.8 Å². The number of nitrogens with one attached hydrogen (secondary N) is 1. The van der Waals surface area contributed by atoms with Crippen LogP contribution in [0.1, 0.15) is 25.8 Å². The Hall–Kier alpha value is -1.55. The summed E-state index contributed by atoms with van der Waals surface area (Å²) in [5, 5.41) is 2.96. The number of hydrogen-bond donors (Lipinski definition) is 1. The van der Waals surface area contributed by atoms with Gasteiger partial charge < -0.3 is 14.8 Å². The first-order chi connectivity index (χ1) is 9.66. The maximum absolute atomic E-state index is 12.1. The molecule has 1 amide bonds. The van der Waals surface area contributed by atoms with Gasteiger partial charge in [0, 0.05) is 13.2 Å². The van der Waals surface area contributed by atoms with Crippen molar-refractivity contribution in [2.24, 2.45) is 5.92 Å². The summed E-state index contributed by atoms with van der Waals surface area (Å²) in [6, 6.07) is 7.90. The maximum Gasteiger partial charge on any atom is 0.226 e. The van der Waals surface area contributed by atoms with Crippen molar-refractivity contribution in [3.8, 4) is 5.75 Å². The van der Waals surface area contributed by atoms with Gasteiger partial charge in [-0.1, -0.05) is 18.2 Å². The SMILES string of the molecule is CC(C)OCCCNC(=O)C1COc2ccccc2C1. The molecule has 1 aliphatic heterocycles. The van der Waals surface area contributed by atoms with Gasteiger partial charge in [-0.05, 0) is 38.3 Å². The molecule has 0 spiro atoms. The molecule has 0 aromatic heterocycles. The molecule has 1 aromatic carbocycles. The molecule has 1 aromatic rings. The summed E-state index contributed by atoms with van der Waals surface area (Å²) in [6.07, 6.45) is 1.84. The van der Waals surface area contributed by atoms with Gasteiger partial charge in [-0.2, -0.15) is 0 Å². The first kappa shape index (κ1) is 14.9. The van der Waals surface area contributed by atoms with Gasteiger partial charge >= 0.3 is 0 Å². The number of para-hydroxylation sites is 1. The fourth-order valence-electron chi connectivity index (χ4n) is 2.24. The number of rotatable bonds is 6. The van der Waals surface area contributed by atoms with E-state index in [-0.39, 0.29) is 17.9 Å². The Balaban J connectivity index is 1.72. The standard InChI is InChI=1S/C16H23NO3/c1-12(2)19-9-5-8-17-16(18)14-10-13-6-3-4-7-15(13)20-11-14/h3-4,6-7,12,14H,5,8-11H2,1-2H3,(H,17,18). The van der Waals surface area contributed by atoms with Crippen LogP contribution in [0.4, 0.5) is 0 Å². The average molecular weight is 277 g/mol. The highest BCUT2D eigenvalue weighted by atomic mass is 16.5. The molecular formula is C16H23NO3. The Bertz CT molecular complexity index is 445. The van der Waals surface area contributed by atoms with Crippen molar-refractivity contribution in [3.05, 3.63) is 29.8 Å². The summed E-state index contributed by atoms with van der Waals surface area (Å²) in [4.78, 5) is 12.1. The zero-order valence-electron chi connectivity index (χ0n) is 12.2. The number of amides is 1. The number of carbonyl (C=O) groups is 1. The van der Waals surface area contributed by atoms with Crippen molar-refractivity contribution in [1.82, 2.24) is 5.32 Å². The fraction of sp³-hybridized carbons (Fsp3) is 0.562. The van der Waals surface area contributed by atoms with Crippen LogP contribution in [0.3, 0.4) is 0 Å². The quantitative estimate of drug-likeness (QED) is 0.811. The van der Waals surface area contributed by atoms with Crippen molar-refractivity contribution < 1.29 is 14.3 Å².